The zero-order chi connectivity index (χ0) is 15.9. The Hall–Kier alpha value is -1.88. The first-order valence-corrected chi connectivity index (χ1v) is 8.17. The minimum Gasteiger partial charge on any atom is -0.347 e. The smallest absolute Gasteiger partial charge is 0.265 e. The number of unbranched alkanes of at least 4 members (excludes halogenated alkanes) is 1. The normalized spacial score (nSPS) is 15.0. The maximum Gasteiger partial charge on any atom is 0.265 e. The Labute approximate surface area is 137 Å². The first-order valence-electron chi connectivity index (χ1n) is 7.38. The van der Waals surface area contributed by atoms with Crippen molar-refractivity contribution in [3.63, 3.8) is 0 Å². The number of carbonyl (C=O) groups is 2. The maximum absolute atomic E-state index is 12.2. The molecule has 0 unspecified atom stereocenters. The van der Waals surface area contributed by atoms with Gasteiger partial charge in [-0.3, -0.25) is 14.9 Å². The molecule has 0 spiro atoms. The van der Waals surface area contributed by atoms with Crippen LogP contribution in [0.3, 0.4) is 0 Å². The lowest BCUT2D eigenvalue weighted by Gasteiger charge is -2.07. The molecule has 0 radical (unpaired) electrons. The molecule has 2 aromatic rings. The zero-order valence-electron chi connectivity index (χ0n) is 12.6. The number of aromatic nitrogens is 1. The quantitative estimate of drug-likeness (QED) is 0.850. The minimum atomic E-state index is -0.366. The number of halogens is 1. The lowest BCUT2D eigenvalue weighted by molar-refractivity contribution is -0.123. The fourth-order valence-corrected chi connectivity index (χ4v) is 3.50. The van der Waals surface area contributed by atoms with Crippen molar-refractivity contribution in [3.8, 4) is 0 Å². The van der Waals surface area contributed by atoms with E-state index in [0.29, 0.717) is 10.1 Å². The van der Waals surface area contributed by atoms with Crippen LogP contribution < -0.4 is 5.32 Å². The Morgan fingerprint density at radius 2 is 1.91 bits per heavy atom. The molecule has 2 heterocycles. The largest absolute Gasteiger partial charge is 0.347 e. The van der Waals surface area contributed by atoms with Gasteiger partial charge in [0.05, 0.1) is 10.1 Å². The van der Waals surface area contributed by atoms with E-state index in [0.717, 1.165) is 41.4 Å². The van der Waals surface area contributed by atoms with Crippen molar-refractivity contribution in [2.24, 2.45) is 7.05 Å². The van der Waals surface area contributed by atoms with Crippen LogP contribution in [0.4, 0.5) is 0 Å². The van der Waals surface area contributed by atoms with Crippen LogP contribution in [0.1, 0.15) is 31.0 Å². The summed E-state index contributed by atoms with van der Waals surface area (Å²) in [5, 5.41) is 3.37. The predicted octanol–water partition coefficient (Wildman–Crippen LogP) is 3.28. The summed E-state index contributed by atoms with van der Waals surface area (Å²) in [7, 11) is 2.01. The summed E-state index contributed by atoms with van der Waals surface area (Å²) in [5.41, 5.74) is 3.50. The molecule has 1 aromatic heterocycles. The van der Waals surface area contributed by atoms with E-state index in [1.54, 1.807) is 0 Å². The van der Waals surface area contributed by atoms with E-state index >= 15 is 0 Å². The van der Waals surface area contributed by atoms with Crippen LogP contribution in [0.5, 0.6) is 0 Å². The van der Waals surface area contributed by atoms with E-state index in [-0.39, 0.29) is 11.8 Å². The predicted molar refractivity (Wildman–Crippen MR) is 90.5 cm³/mol. The molecule has 0 bridgehead atoms. The molecule has 1 N–H and O–H groups in total. The first-order chi connectivity index (χ1) is 10.6. The van der Waals surface area contributed by atoms with E-state index in [1.165, 1.54) is 0 Å². The molecule has 0 fully saturated rings. The van der Waals surface area contributed by atoms with E-state index in [1.807, 2.05) is 31.3 Å². The highest BCUT2D eigenvalue weighted by molar-refractivity contribution is 9.12. The summed E-state index contributed by atoms with van der Waals surface area (Å²) in [6.45, 7) is 2.14. The van der Waals surface area contributed by atoms with Crippen LogP contribution in [0.2, 0.25) is 0 Å². The van der Waals surface area contributed by atoms with Gasteiger partial charge in [-0.15, -0.1) is 0 Å². The SMILES string of the molecule is CCCCc1c(C2=C(Br)C(=O)NC2=O)c2ccccc2n1C. The van der Waals surface area contributed by atoms with Gasteiger partial charge in [0.25, 0.3) is 11.8 Å². The molecular weight excluding hydrogens is 344 g/mol. The summed E-state index contributed by atoms with van der Waals surface area (Å²) in [6, 6.07) is 7.98. The van der Waals surface area contributed by atoms with Crippen LogP contribution >= 0.6 is 15.9 Å². The molecule has 114 valence electrons. The van der Waals surface area contributed by atoms with Crippen molar-refractivity contribution in [3.05, 3.63) is 40.0 Å². The highest BCUT2D eigenvalue weighted by atomic mass is 79.9. The number of amides is 2. The van der Waals surface area contributed by atoms with E-state index in [9.17, 15) is 9.59 Å². The molecule has 0 saturated carbocycles. The highest BCUT2D eigenvalue weighted by Gasteiger charge is 2.33. The number of fused-ring (bicyclic) bond motifs is 1. The second-order valence-electron chi connectivity index (χ2n) is 5.47. The molecule has 1 aromatic carbocycles. The fourth-order valence-electron chi connectivity index (χ4n) is 3.02. The monoisotopic (exact) mass is 360 g/mol. The molecule has 2 amide bonds. The van der Waals surface area contributed by atoms with Crippen molar-refractivity contribution in [2.45, 2.75) is 26.2 Å². The van der Waals surface area contributed by atoms with Gasteiger partial charge in [-0.05, 0) is 34.8 Å². The number of nitrogens with zero attached hydrogens (tertiary/aromatic N) is 1. The second kappa shape index (κ2) is 5.72. The number of carbonyl (C=O) groups excluding carboxylic acids is 2. The number of imide groups is 1. The number of aryl methyl sites for hydroxylation is 1. The molecule has 22 heavy (non-hydrogen) atoms. The van der Waals surface area contributed by atoms with Crippen LogP contribution in [0, 0.1) is 0 Å². The van der Waals surface area contributed by atoms with Crippen molar-refractivity contribution < 1.29 is 9.59 Å². The average molecular weight is 361 g/mol. The van der Waals surface area contributed by atoms with E-state index < -0.39 is 0 Å². The summed E-state index contributed by atoms with van der Waals surface area (Å²) in [6.07, 6.45) is 2.99. The molecule has 1 aliphatic rings. The molecule has 0 atom stereocenters. The average Bonchev–Trinajstić information content (AvgIpc) is 2.92. The summed E-state index contributed by atoms with van der Waals surface area (Å²) in [5.74, 6) is -0.694. The Morgan fingerprint density at radius 3 is 2.55 bits per heavy atom. The van der Waals surface area contributed by atoms with E-state index in [2.05, 4.69) is 32.7 Å². The maximum atomic E-state index is 12.2. The van der Waals surface area contributed by atoms with Crippen LogP contribution in [0.25, 0.3) is 16.5 Å². The minimum absolute atomic E-state index is 0.326. The van der Waals surface area contributed by atoms with Gasteiger partial charge >= 0.3 is 0 Å². The van der Waals surface area contributed by atoms with Gasteiger partial charge in [0, 0.05) is 29.2 Å². The second-order valence-corrected chi connectivity index (χ2v) is 6.27. The fraction of sp³-hybridized carbons (Fsp3) is 0.294. The van der Waals surface area contributed by atoms with Gasteiger partial charge < -0.3 is 4.57 Å². The van der Waals surface area contributed by atoms with Crippen molar-refractivity contribution >= 4 is 44.2 Å². The van der Waals surface area contributed by atoms with E-state index in [4.69, 9.17) is 0 Å². The molecule has 0 saturated heterocycles. The Balaban J connectivity index is 2.32. The van der Waals surface area contributed by atoms with Gasteiger partial charge in [0.15, 0.2) is 0 Å². The summed E-state index contributed by atoms with van der Waals surface area (Å²) >= 11 is 3.28. The van der Waals surface area contributed by atoms with Crippen molar-refractivity contribution in [1.29, 1.82) is 0 Å². The zero-order valence-corrected chi connectivity index (χ0v) is 14.2. The van der Waals surface area contributed by atoms with Crippen LogP contribution in [0.15, 0.2) is 28.7 Å². The van der Waals surface area contributed by atoms with Crippen LogP contribution in [-0.2, 0) is 23.1 Å². The Bertz CT molecular complexity index is 817. The third kappa shape index (κ3) is 2.20. The lowest BCUT2D eigenvalue weighted by Crippen LogP contribution is -2.22. The molecule has 0 aliphatic carbocycles. The standard InChI is InChI=1S/C17H17BrN2O2/c1-3-4-8-12-13(14-15(18)17(22)19-16(14)21)10-7-5-6-9-11(10)20(12)2/h5-7,9H,3-4,8H2,1-2H3,(H,19,21,22). The Morgan fingerprint density at radius 1 is 1.18 bits per heavy atom. The van der Waals surface area contributed by atoms with Gasteiger partial charge in [-0.1, -0.05) is 31.5 Å². The van der Waals surface area contributed by atoms with Crippen LogP contribution in [-0.4, -0.2) is 16.4 Å². The van der Waals surface area contributed by atoms with Gasteiger partial charge in [-0.2, -0.15) is 0 Å². The molecule has 3 rings (SSSR count). The molecular formula is C17H17BrN2O2. The molecule has 1 aliphatic heterocycles. The Kier molecular flexibility index (Phi) is 3.91. The number of hydrogen-bond acceptors (Lipinski definition) is 2. The molecule has 5 heteroatoms. The molecule has 4 nitrogen and oxygen atoms in total. The number of nitrogens with one attached hydrogen (secondary N) is 1. The number of benzene rings is 1. The number of para-hydroxylation sites is 1. The number of rotatable bonds is 4. The van der Waals surface area contributed by atoms with Crippen molar-refractivity contribution in [2.75, 3.05) is 0 Å². The third-order valence-corrected chi connectivity index (χ3v) is 4.87. The summed E-state index contributed by atoms with van der Waals surface area (Å²) < 4.78 is 2.45. The third-order valence-electron chi connectivity index (χ3n) is 4.12. The highest BCUT2D eigenvalue weighted by Crippen LogP contribution is 2.37. The summed E-state index contributed by atoms with van der Waals surface area (Å²) in [4.78, 5) is 24.0. The van der Waals surface area contributed by atoms with Gasteiger partial charge in [0.2, 0.25) is 0 Å². The first kappa shape index (κ1) is 15.0. The number of hydrogen-bond donors (Lipinski definition) is 1. The van der Waals surface area contributed by atoms with Crippen molar-refractivity contribution in [1.82, 2.24) is 9.88 Å². The lowest BCUT2D eigenvalue weighted by atomic mass is 9.99. The van der Waals surface area contributed by atoms with Gasteiger partial charge in [-0.25, -0.2) is 0 Å². The topological polar surface area (TPSA) is 51.1 Å². The van der Waals surface area contributed by atoms with Gasteiger partial charge in [0.1, 0.15) is 0 Å².